The van der Waals surface area contributed by atoms with Crippen molar-refractivity contribution in [2.75, 3.05) is 6.61 Å². The van der Waals surface area contributed by atoms with Gasteiger partial charge in [0.2, 0.25) is 5.88 Å². The van der Waals surface area contributed by atoms with Gasteiger partial charge in [0.15, 0.2) is 0 Å². The Kier molecular flexibility index (Phi) is 5.95. The number of urea groups is 1. The molecule has 0 fully saturated rings. The molecule has 2 aromatic heterocycles. The van der Waals surface area contributed by atoms with Gasteiger partial charge in [-0.25, -0.2) is 9.78 Å². The second-order valence-electron chi connectivity index (χ2n) is 5.38. The first-order chi connectivity index (χ1) is 11.5. The van der Waals surface area contributed by atoms with E-state index in [1.54, 1.807) is 12.3 Å². The second kappa shape index (κ2) is 8.14. The maximum absolute atomic E-state index is 12.0. The minimum Gasteiger partial charge on any atom is -0.478 e. The van der Waals surface area contributed by atoms with Gasteiger partial charge in [0.25, 0.3) is 5.56 Å². The number of hydrogen-bond acceptors (Lipinski definition) is 4. The molecule has 7 heteroatoms. The molecule has 0 aliphatic heterocycles. The molecule has 0 aliphatic carbocycles. The summed E-state index contributed by atoms with van der Waals surface area (Å²) in [6.07, 6.45) is 1.64. The first kappa shape index (κ1) is 17.5. The van der Waals surface area contributed by atoms with Crippen LogP contribution in [0.3, 0.4) is 0 Å². The number of rotatable bonds is 6. The van der Waals surface area contributed by atoms with E-state index in [-0.39, 0.29) is 24.7 Å². The summed E-state index contributed by atoms with van der Waals surface area (Å²) in [7, 11) is 0. The Labute approximate surface area is 140 Å². The molecular weight excluding hydrogens is 308 g/mol. The summed E-state index contributed by atoms with van der Waals surface area (Å²) in [5, 5.41) is 5.43. The standard InChI is InChI=1S/C17H22N4O3/c1-4-24-16-13(6-5-7-18-16)9-19-17(23)20-10-14-11(2)8-12(3)21-15(14)22/h5-8H,4,9-10H2,1-3H3,(H,21,22)(H2,19,20,23). The van der Waals surface area contributed by atoms with Gasteiger partial charge in [-0.3, -0.25) is 4.79 Å². The van der Waals surface area contributed by atoms with Gasteiger partial charge in [-0.1, -0.05) is 6.07 Å². The van der Waals surface area contributed by atoms with Gasteiger partial charge in [-0.15, -0.1) is 0 Å². The summed E-state index contributed by atoms with van der Waals surface area (Å²) >= 11 is 0. The van der Waals surface area contributed by atoms with E-state index in [0.29, 0.717) is 18.1 Å². The van der Waals surface area contributed by atoms with Crippen molar-refractivity contribution in [3.8, 4) is 5.88 Å². The van der Waals surface area contributed by atoms with Crippen molar-refractivity contribution in [1.29, 1.82) is 0 Å². The van der Waals surface area contributed by atoms with E-state index in [9.17, 15) is 9.59 Å². The molecule has 128 valence electrons. The fourth-order valence-corrected chi connectivity index (χ4v) is 2.33. The van der Waals surface area contributed by atoms with E-state index in [2.05, 4.69) is 20.6 Å². The van der Waals surface area contributed by atoms with E-state index >= 15 is 0 Å². The van der Waals surface area contributed by atoms with Crippen molar-refractivity contribution in [2.24, 2.45) is 0 Å². The number of ether oxygens (including phenoxy) is 1. The third kappa shape index (κ3) is 4.58. The number of nitrogens with zero attached hydrogens (tertiary/aromatic N) is 1. The van der Waals surface area contributed by atoms with Crippen LogP contribution in [-0.2, 0) is 13.1 Å². The Morgan fingerprint density at radius 1 is 1.29 bits per heavy atom. The zero-order valence-electron chi connectivity index (χ0n) is 14.1. The minimum atomic E-state index is -0.360. The molecule has 0 aromatic carbocycles. The fourth-order valence-electron chi connectivity index (χ4n) is 2.33. The van der Waals surface area contributed by atoms with Crippen LogP contribution in [0, 0.1) is 13.8 Å². The monoisotopic (exact) mass is 330 g/mol. The van der Waals surface area contributed by atoms with Crippen LogP contribution in [0.1, 0.15) is 29.3 Å². The highest BCUT2D eigenvalue weighted by Crippen LogP contribution is 2.13. The molecule has 0 radical (unpaired) electrons. The lowest BCUT2D eigenvalue weighted by Gasteiger charge is -2.11. The third-order valence-electron chi connectivity index (χ3n) is 3.49. The largest absolute Gasteiger partial charge is 0.478 e. The van der Waals surface area contributed by atoms with Crippen LogP contribution in [0.5, 0.6) is 5.88 Å². The Bertz CT molecular complexity index is 771. The molecule has 2 amide bonds. The van der Waals surface area contributed by atoms with Gasteiger partial charge >= 0.3 is 6.03 Å². The lowest BCUT2D eigenvalue weighted by molar-refractivity contribution is 0.240. The normalized spacial score (nSPS) is 10.3. The summed E-state index contributed by atoms with van der Waals surface area (Å²) in [6.45, 7) is 6.51. The predicted octanol–water partition coefficient (Wildman–Crippen LogP) is 1.78. The first-order valence-corrected chi connectivity index (χ1v) is 7.79. The highest BCUT2D eigenvalue weighted by atomic mass is 16.5. The van der Waals surface area contributed by atoms with Crippen LogP contribution in [0.4, 0.5) is 4.79 Å². The number of aromatic nitrogens is 2. The quantitative estimate of drug-likeness (QED) is 0.752. The number of pyridine rings is 2. The van der Waals surface area contributed by atoms with Crippen molar-refractivity contribution >= 4 is 6.03 Å². The van der Waals surface area contributed by atoms with Crippen molar-refractivity contribution in [1.82, 2.24) is 20.6 Å². The molecular formula is C17H22N4O3. The number of aromatic amines is 1. The number of amides is 2. The van der Waals surface area contributed by atoms with E-state index in [4.69, 9.17) is 4.74 Å². The third-order valence-corrected chi connectivity index (χ3v) is 3.49. The molecule has 0 aliphatic rings. The summed E-state index contributed by atoms with van der Waals surface area (Å²) < 4.78 is 5.41. The summed E-state index contributed by atoms with van der Waals surface area (Å²) in [6, 6.07) is 5.14. The minimum absolute atomic E-state index is 0.165. The molecule has 3 N–H and O–H groups in total. The van der Waals surface area contributed by atoms with Crippen molar-refractivity contribution < 1.29 is 9.53 Å². The molecule has 0 saturated carbocycles. The summed E-state index contributed by atoms with van der Waals surface area (Å²) in [5.74, 6) is 0.506. The molecule has 2 rings (SSSR count). The highest BCUT2D eigenvalue weighted by Gasteiger charge is 2.09. The van der Waals surface area contributed by atoms with Crippen LogP contribution >= 0.6 is 0 Å². The van der Waals surface area contributed by atoms with Gasteiger partial charge in [-0.2, -0.15) is 0 Å². The van der Waals surface area contributed by atoms with Crippen LogP contribution < -0.4 is 20.9 Å². The second-order valence-corrected chi connectivity index (χ2v) is 5.38. The zero-order chi connectivity index (χ0) is 17.5. The number of hydrogen-bond donors (Lipinski definition) is 3. The number of carbonyl (C=O) groups is 1. The number of nitrogens with one attached hydrogen (secondary N) is 3. The van der Waals surface area contributed by atoms with Crippen molar-refractivity contribution in [3.63, 3.8) is 0 Å². The van der Waals surface area contributed by atoms with E-state index < -0.39 is 0 Å². The average Bonchev–Trinajstić information content (AvgIpc) is 2.53. The van der Waals surface area contributed by atoms with Gasteiger partial charge in [-0.05, 0) is 38.5 Å². The van der Waals surface area contributed by atoms with Gasteiger partial charge in [0.1, 0.15) is 0 Å². The molecule has 24 heavy (non-hydrogen) atoms. The Morgan fingerprint density at radius 3 is 2.75 bits per heavy atom. The topological polar surface area (TPSA) is 96.1 Å². The Balaban J connectivity index is 1.92. The number of H-pyrrole nitrogens is 1. The number of carbonyl (C=O) groups excluding carboxylic acids is 1. The lowest BCUT2D eigenvalue weighted by atomic mass is 10.1. The molecule has 7 nitrogen and oxygen atoms in total. The molecule has 0 atom stereocenters. The van der Waals surface area contributed by atoms with Gasteiger partial charge < -0.3 is 20.4 Å². The predicted molar refractivity (Wildman–Crippen MR) is 91.0 cm³/mol. The van der Waals surface area contributed by atoms with E-state index in [1.807, 2.05) is 32.9 Å². The molecule has 0 spiro atoms. The average molecular weight is 330 g/mol. The van der Waals surface area contributed by atoms with Crippen LogP contribution in [0.2, 0.25) is 0 Å². The maximum atomic E-state index is 12.0. The molecule has 2 heterocycles. The smallest absolute Gasteiger partial charge is 0.315 e. The molecule has 0 unspecified atom stereocenters. The van der Waals surface area contributed by atoms with Gasteiger partial charge in [0, 0.05) is 29.6 Å². The van der Waals surface area contributed by atoms with Crippen LogP contribution in [0.25, 0.3) is 0 Å². The Morgan fingerprint density at radius 2 is 2.04 bits per heavy atom. The molecule has 0 saturated heterocycles. The van der Waals surface area contributed by atoms with Crippen molar-refractivity contribution in [2.45, 2.75) is 33.9 Å². The molecule has 0 bridgehead atoms. The van der Waals surface area contributed by atoms with E-state index in [1.165, 1.54) is 0 Å². The van der Waals surface area contributed by atoms with Crippen LogP contribution in [0.15, 0.2) is 29.2 Å². The summed E-state index contributed by atoms with van der Waals surface area (Å²) in [4.78, 5) is 30.7. The van der Waals surface area contributed by atoms with E-state index in [0.717, 1.165) is 16.8 Å². The summed E-state index contributed by atoms with van der Waals surface area (Å²) in [5.41, 5.74) is 2.80. The number of aryl methyl sites for hydroxylation is 2. The van der Waals surface area contributed by atoms with Crippen molar-refractivity contribution in [3.05, 3.63) is 57.1 Å². The highest BCUT2D eigenvalue weighted by molar-refractivity contribution is 5.73. The Hall–Kier alpha value is -2.83. The molecule has 2 aromatic rings. The van der Waals surface area contributed by atoms with Gasteiger partial charge in [0.05, 0.1) is 13.2 Å². The lowest BCUT2D eigenvalue weighted by Crippen LogP contribution is -2.36. The first-order valence-electron chi connectivity index (χ1n) is 7.79. The SMILES string of the molecule is CCOc1ncccc1CNC(=O)NCc1c(C)cc(C)[nH]c1=O. The van der Waals surface area contributed by atoms with Crippen LogP contribution in [-0.4, -0.2) is 22.6 Å². The maximum Gasteiger partial charge on any atom is 0.315 e. The zero-order valence-corrected chi connectivity index (χ0v) is 14.1. The fraction of sp³-hybridized carbons (Fsp3) is 0.353.